The smallest absolute Gasteiger partial charge is 0.239 e. The monoisotopic (exact) mass is 277 g/mol. The van der Waals surface area contributed by atoms with E-state index in [2.05, 4.69) is 49.6 Å². The van der Waals surface area contributed by atoms with Gasteiger partial charge in [0, 0.05) is 26.3 Å². The first-order valence-electron chi connectivity index (χ1n) is 7.16. The molecule has 0 aliphatic heterocycles. The number of carbonyl (C=O) groups excluding carboxylic acids is 1. The number of aryl methyl sites for hydroxylation is 1. The summed E-state index contributed by atoms with van der Waals surface area (Å²) in [5.74, 6) is 0.684. The molecular weight excluding hydrogens is 250 g/mol. The molecule has 0 radical (unpaired) electrons. The Bertz CT molecular complexity index is 443. The molecule has 2 N–H and O–H groups in total. The summed E-state index contributed by atoms with van der Waals surface area (Å²) >= 11 is 0. The summed E-state index contributed by atoms with van der Waals surface area (Å²) in [6, 6.07) is 6.39. The van der Waals surface area contributed by atoms with Gasteiger partial charge in [-0.2, -0.15) is 0 Å². The Morgan fingerprint density at radius 2 is 2.05 bits per heavy atom. The number of amides is 1. The highest BCUT2D eigenvalue weighted by molar-refractivity contribution is 5.81. The Hall–Kier alpha value is -1.55. The minimum Gasteiger partial charge on any atom is -0.365 e. The van der Waals surface area contributed by atoms with Gasteiger partial charge in [0.25, 0.3) is 0 Å². The van der Waals surface area contributed by atoms with Gasteiger partial charge in [0.05, 0.1) is 6.54 Å². The van der Waals surface area contributed by atoms with Crippen molar-refractivity contribution in [2.75, 3.05) is 32.1 Å². The zero-order valence-corrected chi connectivity index (χ0v) is 13.3. The minimum absolute atomic E-state index is 0.0228. The average molecular weight is 277 g/mol. The second-order valence-corrected chi connectivity index (χ2v) is 5.67. The molecule has 1 rings (SSSR count). The number of likely N-dealkylation sites (N-methyl/N-ethyl adjacent to an activating group) is 2. The van der Waals surface area contributed by atoms with E-state index in [1.165, 1.54) is 11.1 Å². The van der Waals surface area contributed by atoms with Crippen LogP contribution in [0.15, 0.2) is 18.2 Å². The fraction of sp³-hybridized carbons (Fsp3) is 0.562. The Balaban J connectivity index is 2.65. The van der Waals surface area contributed by atoms with E-state index in [-0.39, 0.29) is 5.91 Å². The van der Waals surface area contributed by atoms with Crippen LogP contribution in [-0.4, -0.2) is 33.1 Å². The lowest BCUT2D eigenvalue weighted by Crippen LogP contribution is -2.33. The van der Waals surface area contributed by atoms with E-state index in [0.29, 0.717) is 12.5 Å². The van der Waals surface area contributed by atoms with Gasteiger partial charge in [-0.1, -0.05) is 26.0 Å². The molecule has 1 amide bonds. The highest BCUT2D eigenvalue weighted by atomic mass is 16.1. The number of rotatable bonds is 7. The quantitative estimate of drug-likeness (QED) is 0.800. The summed E-state index contributed by atoms with van der Waals surface area (Å²) in [6.45, 7) is 8.78. The van der Waals surface area contributed by atoms with E-state index in [1.807, 2.05) is 11.9 Å². The van der Waals surface area contributed by atoms with Crippen molar-refractivity contribution in [3.8, 4) is 0 Å². The number of nitrogens with one attached hydrogen (secondary N) is 2. The molecule has 0 heterocycles. The van der Waals surface area contributed by atoms with Crippen molar-refractivity contribution in [1.82, 2.24) is 10.6 Å². The molecule has 4 heteroatoms. The average Bonchev–Trinajstić information content (AvgIpc) is 2.38. The second kappa shape index (κ2) is 7.90. The molecule has 0 aromatic heterocycles. The van der Waals surface area contributed by atoms with Gasteiger partial charge in [0.1, 0.15) is 0 Å². The van der Waals surface area contributed by atoms with Crippen LogP contribution in [0.25, 0.3) is 0 Å². The Morgan fingerprint density at radius 1 is 1.35 bits per heavy atom. The number of anilines is 1. The Kier molecular flexibility index (Phi) is 6.52. The summed E-state index contributed by atoms with van der Waals surface area (Å²) < 4.78 is 0. The molecule has 0 aliphatic rings. The van der Waals surface area contributed by atoms with Gasteiger partial charge in [0.15, 0.2) is 0 Å². The summed E-state index contributed by atoms with van der Waals surface area (Å²) in [5, 5.41) is 6.08. The van der Waals surface area contributed by atoms with Gasteiger partial charge in [-0.15, -0.1) is 0 Å². The number of hydrogen-bond donors (Lipinski definition) is 2. The topological polar surface area (TPSA) is 44.4 Å². The highest BCUT2D eigenvalue weighted by Gasteiger charge is 2.08. The zero-order chi connectivity index (χ0) is 15.1. The minimum atomic E-state index is 0.0228. The molecule has 0 unspecified atom stereocenters. The first-order chi connectivity index (χ1) is 9.43. The van der Waals surface area contributed by atoms with Crippen LogP contribution in [0.3, 0.4) is 0 Å². The Morgan fingerprint density at radius 3 is 2.60 bits per heavy atom. The van der Waals surface area contributed by atoms with Crippen LogP contribution in [-0.2, 0) is 11.3 Å². The SMILES string of the molecule is CNC(=O)CN(C)c1ccc(CNCC(C)C)cc1C. The molecule has 1 aromatic carbocycles. The van der Waals surface area contributed by atoms with Crippen molar-refractivity contribution >= 4 is 11.6 Å². The van der Waals surface area contributed by atoms with Gasteiger partial charge in [0.2, 0.25) is 5.91 Å². The summed E-state index contributed by atoms with van der Waals surface area (Å²) in [5.41, 5.74) is 3.57. The molecule has 112 valence electrons. The molecule has 1 aromatic rings. The summed E-state index contributed by atoms with van der Waals surface area (Å²) in [7, 11) is 3.60. The van der Waals surface area contributed by atoms with Gasteiger partial charge < -0.3 is 15.5 Å². The first kappa shape index (κ1) is 16.5. The van der Waals surface area contributed by atoms with Gasteiger partial charge >= 0.3 is 0 Å². The number of hydrogen-bond acceptors (Lipinski definition) is 3. The molecule has 0 atom stereocenters. The second-order valence-electron chi connectivity index (χ2n) is 5.67. The van der Waals surface area contributed by atoms with Crippen LogP contribution in [0.5, 0.6) is 0 Å². The fourth-order valence-corrected chi connectivity index (χ4v) is 2.14. The van der Waals surface area contributed by atoms with E-state index in [0.717, 1.165) is 18.8 Å². The fourth-order valence-electron chi connectivity index (χ4n) is 2.14. The van der Waals surface area contributed by atoms with Crippen molar-refractivity contribution in [3.63, 3.8) is 0 Å². The van der Waals surface area contributed by atoms with Gasteiger partial charge in [-0.25, -0.2) is 0 Å². The van der Waals surface area contributed by atoms with Crippen LogP contribution in [0.1, 0.15) is 25.0 Å². The van der Waals surface area contributed by atoms with Gasteiger partial charge in [-0.3, -0.25) is 4.79 Å². The molecular formula is C16H27N3O. The third-order valence-electron chi connectivity index (χ3n) is 3.21. The van der Waals surface area contributed by atoms with E-state index in [4.69, 9.17) is 0 Å². The molecule has 4 nitrogen and oxygen atoms in total. The molecule has 0 saturated heterocycles. The van der Waals surface area contributed by atoms with Crippen LogP contribution < -0.4 is 15.5 Å². The molecule has 0 bridgehead atoms. The molecule has 0 saturated carbocycles. The van der Waals surface area contributed by atoms with E-state index >= 15 is 0 Å². The van der Waals surface area contributed by atoms with Gasteiger partial charge in [-0.05, 0) is 36.6 Å². The maximum absolute atomic E-state index is 11.4. The summed E-state index contributed by atoms with van der Waals surface area (Å²) in [4.78, 5) is 13.4. The largest absolute Gasteiger partial charge is 0.365 e. The van der Waals surface area contributed by atoms with E-state index < -0.39 is 0 Å². The third-order valence-corrected chi connectivity index (χ3v) is 3.21. The standard InChI is InChI=1S/C16H27N3O/c1-12(2)9-18-10-14-6-7-15(13(3)8-14)19(5)11-16(20)17-4/h6-8,12,18H,9-11H2,1-5H3,(H,17,20). The molecule has 0 fully saturated rings. The predicted octanol–water partition coefficient (Wildman–Crippen LogP) is 1.92. The lowest BCUT2D eigenvalue weighted by Gasteiger charge is -2.21. The van der Waals surface area contributed by atoms with Crippen molar-refractivity contribution in [2.45, 2.75) is 27.3 Å². The lowest BCUT2D eigenvalue weighted by atomic mass is 10.1. The number of nitrogens with zero attached hydrogens (tertiary/aromatic N) is 1. The maximum Gasteiger partial charge on any atom is 0.239 e. The summed E-state index contributed by atoms with van der Waals surface area (Å²) in [6.07, 6.45) is 0. The predicted molar refractivity (Wildman–Crippen MR) is 85.1 cm³/mol. The molecule has 20 heavy (non-hydrogen) atoms. The van der Waals surface area contributed by atoms with Crippen LogP contribution >= 0.6 is 0 Å². The highest BCUT2D eigenvalue weighted by Crippen LogP contribution is 2.20. The molecule has 0 aliphatic carbocycles. The van der Waals surface area contributed by atoms with E-state index in [9.17, 15) is 4.79 Å². The third kappa shape index (κ3) is 5.21. The normalized spacial score (nSPS) is 10.7. The Labute approximate surface area is 122 Å². The number of carbonyl (C=O) groups is 1. The van der Waals surface area contributed by atoms with Crippen molar-refractivity contribution < 1.29 is 4.79 Å². The van der Waals surface area contributed by atoms with Crippen LogP contribution in [0.4, 0.5) is 5.69 Å². The molecule has 0 spiro atoms. The van der Waals surface area contributed by atoms with Crippen molar-refractivity contribution in [1.29, 1.82) is 0 Å². The van der Waals surface area contributed by atoms with Crippen LogP contribution in [0.2, 0.25) is 0 Å². The lowest BCUT2D eigenvalue weighted by molar-refractivity contribution is -0.119. The zero-order valence-electron chi connectivity index (χ0n) is 13.3. The number of benzene rings is 1. The maximum atomic E-state index is 11.4. The van der Waals surface area contributed by atoms with Crippen LogP contribution in [0, 0.1) is 12.8 Å². The first-order valence-corrected chi connectivity index (χ1v) is 7.16. The van der Waals surface area contributed by atoms with Crippen molar-refractivity contribution in [2.24, 2.45) is 5.92 Å². The van der Waals surface area contributed by atoms with E-state index in [1.54, 1.807) is 7.05 Å². The van der Waals surface area contributed by atoms with Crippen molar-refractivity contribution in [3.05, 3.63) is 29.3 Å².